The molecule has 0 saturated heterocycles. The molecule has 0 bridgehead atoms. The maximum atomic E-state index is 13.3. The molecule has 3 aromatic carbocycles. The van der Waals surface area contributed by atoms with E-state index in [2.05, 4.69) is 5.32 Å². The van der Waals surface area contributed by atoms with Crippen LogP contribution in [0.25, 0.3) is 16.9 Å². The molecular formula is C31H32N4O4. The Kier molecular flexibility index (Phi) is 7.91. The molecule has 39 heavy (non-hydrogen) atoms. The number of hydrogen-bond donors (Lipinski definition) is 1. The van der Waals surface area contributed by atoms with Crippen molar-refractivity contribution >= 4 is 17.8 Å². The van der Waals surface area contributed by atoms with Crippen molar-refractivity contribution in [1.82, 2.24) is 14.5 Å². The summed E-state index contributed by atoms with van der Waals surface area (Å²) in [6, 6.07) is 24.7. The standard InChI is InChI=1S/C31H32N4O4/c1-38-26-14-10-24(11-15-26)28-20-35(25-12-16-27(39-2)17-13-25)31(32-28)33-29(36)21-34(19-23-8-9-23)30(37)18-22-6-4-3-5-7-22/h3-7,10-17,20,23H,8-9,18-19,21H2,1-2H3,(H,32,33,36). The SMILES string of the molecule is COc1ccc(-c2cn(-c3ccc(OC)cc3)c(NC(=O)CN(CC3CC3)C(=O)Cc3ccccc3)n2)cc1. The monoisotopic (exact) mass is 524 g/mol. The average molecular weight is 525 g/mol. The van der Waals surface area contributed by atoms with Crippen LogP contribution in [0.3, 0.4) is 0 Å². The third-order valence-electron chi connectivity index (χ3n) is 6.75. The molecule has 8 nitrogen and oxygen atoms in total. The molecule has 0 aliphatic heterocycles. The molecular weight excluding hydrogens is 492 g/mol. The van der Waals surface area contributed by atoms with Crippen molar-refractivity contribution in [2.75, 3.05) is 32.6 Å². The number of methoxy groups -OCH3 is 2. The zero-order valence-electron chi connectivity index (χ0n) is 22.2. The molecule has 2 amide bonds. The zero-order valence-corrected chi connectivity index (χ0v) is 22.2. The topological polar surface area (TPSA) is 85.7 Å². The first kappa shape index (κ1) is 26.0. The summed E-state index contributed by atoms with van der Waals surface area (Å²) in [5, 5.41) is 2.96. The van der Waals surface area contributed by atoms with E-state index >= 15 is 0 Å². The third-order valence-corrected chi connectivity index (χ3v) is 6.75. The molecule has 1 aliphatic rings. The lowest BCUT2D eigenvalue weighted by Crippen LogP contribution is -2.40. The second kappa shape index (κ2) is 11.9. The lowest BCUT2D eigenvalue weighted by Gasteiger charge is -2.22. The molecule has 1 N–H and O–H groups in total. The summed E-state index contributed by atoms with van der Waals surface area (Å²) in [5.41, 5.74) is 3.32. The van der Waals surface area contributed by atoms with E-state index in [9.17, 15) is 9.59 Å². The van der Waals surface area contributed by atoms with Crippen LogP contribution in [0.1, 0.15) is 18.4 Å². The van der Waals surface area contributed by atoms with Crippen LogP contribution in [-0.4, -0.2) is 53.6 Å². The fraction of sp³-hybridized carbons (Fsp3) is 0.258. The predicted octanol–water partition coefficient (Wildman–Crippen LogP) is 4.98. The van der Waals surface area contributed by atoms with Crippen LogP contribution in [0.15, 0.2) is 85.1 Å². The highest BCUT2D eigenvalue weighted by atomic mass is 16.5. The molecule has 0 atom stereocenters. The smallest absolute Gasteiger partial charge is 0.246 e. The summed E-state index contributed by atoms with van der Waals surface area (Å²) in [7, 11) is 3.24. The van der Waals surface area contributed by atoms with E-state index in [1.807, 2.05) is 89.6 Å². The molecule has 1 heterocycles. The number of hydrogen-bond acceptors (Lipinski definition) is 5. The van der Waals surface area contributed by atoms with Crippen LogP contribution in [0, 0.1) is 5.92 Å². The number of aromatic nitrogens is 2. The van der Waals surface area contributed by atoms with Crippen molar-refractivity contribution in [3.8, 4) is 28.4 Å². The van der Waals surface area contributed by atoms with Crippen molar-refractivity contribution in [2.45, 2.75) is 19.3 Å². The molecule has 8 heteroatoms. The lowest BCUT2D eigenvalue weighted by atomic mass is 10.1. The highest BCUT2D eigenvalue weighted by Gasteiger charge is 2.28. The Labute approximate surface area is 228 Å². The number of imidazole rings is 1. The molecule has 0 spiro atoms. The van der Waals surface area contributed by atoms with Crippen molar-refractivity contribution in [2.24, 2.45) is 5.92 Å². The Morgan fingerprint density at radius 2 is 1.56 bits per heavy atom. The highest BCUT2D eigenvalue weighted by Crippen LogP contribution is 2.30. The van der Waals surface area contributed by atoms with Gasteiger partial charge in [0, 0.05) is 24.0 Å². The number of amides is 2. The van der Waals surface area contributed by atoms with Gasteiger partial charge in [0.05, 0.1) is 32.9 Å². The molecule has 200 valence electrons. The summed E-state index contributed by atoms with van der Waals surface area (Å²) in [5.74, 6) is 1.96. The highest BCUT2D eigenvalue weighted by molar-refractivity contribution is 5.94. The van der Waals surface area contributed by atoms with Crippen LogP contribution in [0.2, 0.25) is 0 Å². The normalized spacial score (nSPS) is 12.6. The van der Waals surface area contributed by atoms with Gasteiger partial charge in [0.1, 0.15) is 11.5 Å². The molecule has 4 aromatic rings. The maximum Gasteiger partial charge on any atom is 0.246 e. The van der Waals surface area contributed by atoms with Gasteiger partial charge in [-0.15, -0.1) is 0 Å². The van der Waals surface area contributed by atoms with Gasteiger partial charge in [0.15, 0.2) is 0 Å². The van der Waals surface area contributed by atoms with Gasteiger partial charge in [-0.25, -0.2) is 4.98 Å². The van der Waals surface area contributed by atoms with Gasteiger partial charge in [-0.1, -0.05) is 30.3 Å². The number of carbonyl (C=O) groups excluding carboxylic acids is 2. The number of anilines is 1. The van der Waals surface area contributed by atoms with Crippen LogP contribution in [0.4, 0.5) is 5.95 Å². The van der Waals surface area contributed by atoms with Gasteiger partial charge >= 0.3 is 0 Å². The number of benzene rings is 3. The van der Waals surface area contributed by atoms with E-state index < -0.39 is 0 Å². The summed E-state index contributed by atoms with van der Waals surface area (Å²) < 4.78 is 12.4. The van der Waals surface area contributed by atoms with Gasteiger partial charge in [0.2, 0.25) is 17.8 Å². The molecule has 1 aromatic heterocycles. The molecule has 1 saturated carbocycles. The molecule has 1 aliphatic carbocycles. The first-order valence-electron chi connectivity index (χ1n) is 13.0. The van der Waals surface area contributed by atoms with E-state index in [0.717, 1.165) is 41.2 Å². The largest absolute Gasteiger partial charge is 0.497 e. The summed E-state index contributed by atoms with van der Waals surface area (Å²) in [6.07, 6.45) is 4.32. The van der Waals surface area contributed by atoms with Crippen LogP contribution in [0.5, 0.6) is 11.5 Å². The summed E-state index contributed by atoms with van der Waals surface area (Å²) in [6.45, 7) is 0.554. The average Bonchev–Trinajstić information content (AvgIpc) is 3.70. The minimum atomic E-state index is -0.293. The Balaban J connectivity index is 1.38. The van der Waals surface area contributed by atoms with Crippen molar-refractivity contribution in [3.63, 3.8) is 0 Å². The molecule has 0 radical (unpaired) electrons. The van der Waals surface area contributed by atoms with E-state index in [1.165, 1.54) is 0 Å². The van der Waals surface area contributed by atoms with E-state index in [4.69, 9.17) is 14.5 Å². The fourth-order valence-electron chi connectivity index (χ4n) is 4.40. The van der Waals surface area contributed by atoms with E-state index in [0.29, 0.717) is 24.1 Å². The molecule has 1 fully saturated rings. The summed E-state index contributed by atoms with van der Waals surface area (Å²) in [4.78, 5) is 32.9. The van der Waals surface area contributed by atoms with Crippen molar-refractivity contribution in [3.05, 3.63) is 90.6 Å². The zero-order chi connectivity index (χ0) is 27.2. The second-order valence-corrected chi connectivity index (χ2v) is 9.67. The Hall–Kier alpha value is -4.59. The second-order valence-electron chi connectivity index (χ2n) is 9.67. The minimum absolute atomic E-state index is 0.0322. The number of nitrogens with zero attached hydrogens (tertiary/aromatic N) is 3. The summed E-state index contributed by atoms with van der Waals surface area (Å²) >= 11 is 0. The molecule has 5 rings (SSSR count). The van der Waals surface area contributed by atoms with Crippen LogP contribution < -0.4 is 14.8 Å². The minimum Gasteiger partial charge on any atom is -0.497 e. The van der Waals surface area contributed by atoms with Gasteiger partial charge in [-0.05, 0) is 72.9 Å². The third kappa shape index (κ3) is 6.65. The van der Waals surface area contributed by atoms with Gasteiger partial charge in [-0.2, -0.15) is 0 Å². The van der Waals surface area contributed by atoms with Crippen molar-refractivity contribution < 1.29 is 19.1 Å². The Bertz CT molecular complexity index is 1410. The first-order chi connectivity index (χ1) is 19.0. The fourth-order valence-corrected chi connectivity index (χ4v) is 4.40. The number of ether oxygens (including phenoxy) is 2. The van der Waals surface area contributed by atoms with Gasteiger partial charge < -0.3 is 14.4 Å². The van der Waals surface area contributed by atoms with E-state index in [-0.39, 0.29) is 24.8 Å². The number of nitrogens with one attached hydrogen (secondary N) is 1. The number of rotatable bonds is 11. The maximum absolute atomic E-state index is 13.3. The van der Waals surface area contributed by atoms with Gasteiger partial charge in [0.25, 0.3) is 0 Å². The Morgan fingerprint density at radius 1 is 0.923 bits per heavy atom. The van der Waals surface area contributed by atoms with Gasteiger partial charge in [-0.3, -0.25) is 19.5 Å². The quantitative estimate of drug-likeness (QED) is 0.299. The Morgan fingerprint density at radius 3 is 2.18 bits per heavy atom. The van der Waals surface area contributed by atoms with Crippen LogP contribution in [-0.2, 0) is 16.0 Å². The predicted molar refractivity (Wildman–Crippen MR) is 150 cm³/mol. The lowest BCUT2D eigenvalue weighted by molar-refractivity contribution is -0.134. The first-order valence-corrected chi connectivity index (χ1v) is 13.0. The number of carbonyl (C=O) groups is 2. The van der Waals surface area contributed by atoms with E-state index in [1.54, 1.807) is 19.1 Å². The molecule has 0 unspecified atom stereocenters. The van der Waals surface area contributed by atoms with Crippen molar-refractivity contribution in [1.29, 1.82) is 0 Å². The van der Waals surface area contributed by atoms with Crippen LogP contribution >= 0.6 is 0 Å².